The summed E-state index contributed by atoms with van der Waals surface area (Å²) in [5.41, 5.74) is 0. The Morgan fingerprint density at radius 2 is 1.21 bits per heavy atom. The van der Waals surface area contributed by atoms with E-state index in [-0.39, 0.29) is 0 Å². The second-order valence-corrected chi connectivity index (χ2v) is 5.74. The van der Waals surface area contributed by atoms with Crippen LogP contribution in [-0.4, -0.2) is 117 Å². The number of methoxy groups -OCH3 is 1. The molecule has 2 fully saturated rings. The molecule has 0 saturated carbocycles. The number of ether oxygens (including phenoxy) is 4. The molecular formula is C13H24O11. The van der Waals surface area contributed by atoms with Crippen LogP contribution in [0, 0.1) is 0 Å². The first kappa shape index (κ1) is 19.9. The minimum absolute atomic E-state index is 0.565. The maximum atomic E-state index is 10.2. The van der Waals surface area contributed by atoms with Crippen molar-refractivity contribution in [2.24, 2.45) is 0 Å². The molecule has 0 amide bonds. The third kappa shape index (κ3) is 3.71. The van der Waals surface area contributed by atoms with Crippen LogP contribution < -0.4 is 0 Å². The van der Waals surface area contributed by atoms with E-state index in [2.05, 4.69) is 0 Å². The van der Waals surface area contributed by atoms with Gasteiger partial charge in [-0.15, -0.1) is 0 Å². The molecule has 2 saturated heterocycles. The zero-order valence-corrected chi connectivity index (χ0v) is 13.0. The van der Waals surface area contributed by atoms with E-state index in [9.17, 15) is 25.5 Å². The smallest absolute Gasteiger partial charge is 0.187 e. The highest BCUT2D eigenvalue weighted by Gasteiger charge is 2.50. The summed E-state index contributed by atoms with van der Waals surface area (Å²) >= 11 is 0. The summed E-state index contributed by atoms with van der Waals surface area (Å²) in [4.78, 5) is 0. The van der Waals surface area contributed by atoms with Crippen LogP contribution in [0.4, 0.5) is 0 Å². The molecule has 0 bridgehead atoms. The Morgan fingerprint density at radius 3 is 1.71 bits per heavy atom. The van der Waals surface area contributed by atoms with Gasteiger partial charge in [0.1, 0.15) is 48.8 Å². The van der Waals surface area contributed by atoms with Gasteiger partial charge in [-0.1, -0.05) is 0 Å². The van der Waals surface area contributed by atoms with Crippen LogP contribution in [0.2, 0.25) is 0 Å². The first-order valence-electron chi connectivity index (χ1n) is 7.46. The Labute approximate surface area is 137 Å². The fourth-order valence-corrected chi connectivity index (χ4v) is 2.73. The molecule has 2 rings (SSSR count). The van der Waals surface area contributed by atoms with E-state index in [1.165, 1.54) is 7.11 Å². The zero-order chi connectivity index (χ0) is 18.0. The van der Waals surface area contributed by atoms with Crippen molar-refractivity contribution in [3.05, 3.63) is 0 Å². The lowest BCUT2D eigenvalue weighted by molar-refractivity contribution is -0.364. The summed E-state index contributed by atoms with van der Waals surface area (Å²) < 4.78 is 20.8. The van der Waals surface area contributed by atoms with Gasteiger partial charge >= 0.3 is 0 Å². The monoisotopic (exact) mass is 356 g/mol. The minimum atomic E-state index is -1.68. The molecule has 0 aliphatic carbocycles. The summed E-state index contributed by atoms with van der Waals surface area (Å²) in [6, 6.07) is 0. The summed E-state index contributed by atoms with van der Waals surface area (Å²) in [6.07, 6.45) is -14.3. The lowest BCUT2D eigenvalue weighted by Gasteiger charge is -2.45. The van der Waals surface area contributed by atoms with Crippen LogP contribution >= 0.6 is 0 Å². The molecular weight excluding hydrogens is 332 g/mol. The molecule has 0 spiro atoms. The molecule has 0 aromatic rings. The Balaban J connectivity index is 2.12. The third-order valence-electron chi connectivity index (χ3n) is 4.20. The van der Waals surface area contributed by atoms with E-state index in [4.69, 9.17) is 29.2 Å². The molecule has 0 radical (unpaired) electrons. The maximum absolute atomic E-state index is 10.2. The molecule has 0 aromatic heterocycles. The van der Waals surface area contributed by atoms with Crippen LogP contribution in [0.15, 0.2) is 0 Å². The summed E-state index contributed by atoms with van der Waals surface area (Å²) in [6.45, 7) is -1.21. The van der Waals surface area contributed by atoms with Gasteiger partial charge in [0.05, 0.1) is 13.2 Å². The zero-order valence-electron chi connectivity index (χ0n) is 13.0. The minimum Gasteiger partial charge on any atom is -0.394 e. The van der Waals surface area contributed by atoms with Gasteiger partial charge in [0.25, 0.3) is 0 Å². The van der Waals surface area contributed by atoms with Gasteiger partial charge < -0.3 is 54.7 Å². The van der Waals surface area contributed by atoms with Gasteiger partial charge in [-0.25, -0.2) is 0 Å². The molecule has 10 atom stereocenters. The number of hydrogen-bond donors (Lipinski definition) is 7. The van der Waals surface area contributed by atoms with Gasteiger partial charge in [0.2, 0.25) is 0 Å². The average Bonchev–Trinajstić information content (AvgIpc) is 2.59. The van der Waals surface area contributed by atoms with E-state index < -0.39 is 74.6 Å². The first-order valence-corrected chi connectivity index (χ1v) is 7.46. The lowest BCUT2D eigenvalue weighted by Crippen LogP contribution is -2.64. The van der Waals surface area contributed by atoms with Crippen molar-refractivity contribution in [3.63, 3.8) is 0 Å². The van der Waals surface area contributed by atoms with Crippen molar-refractivity contribution in [1.82, 2.24) is 0 Å². The molecule has 2 heterocycles. The highest BCUT2D eigenvalue weighted by molar-refractivity contribution is 4.93. The van der Waals surface area contributed by atoms with E-state index in [0.717, 1.165) is 0 Å². The molecule has 11 heteroatoms. The van der Waals surface area contributed by atoms with E-state index in [0.29, 0.717) is 0 Å². The molecule has 2 unspecified atom stereocenters. The number of rotatable bonds is 5. The summed E-state index contributed by atoms with van der Waals surface area (Å²) in [5.74, 6) is 0. The number of aliphatic hydroxyl groups is 7. The number of aliphatic hydroxyl groups excluding tert-OH is 7. The second-order valence-electron chi connectivity index (χ2n) is 5.74. The van der Waals surface area contributed by atoms with Gasteiger partial charge in [-0.2, -0.15) is 0 Å². The van der Waals surface area contributed by atoms with Gasteiger partial charge in [0.15, 0.2) is 12.6 Å². The van der Waals surface area contributed by atoms with Crippen molar-refractivity contribution in [2.75, 3.05) is 20.3 Å². The number of hydrogen-bond acceptors (Lipinski definition) is 11. The molecule has 2 aliphatic heterocycles. The van der Waals surface area contributed by atoms with Gasteiger partial charge in [0, 0.05) is 7.11 Å². The topological polar surface area (TPSA) is 179 Å². The van der Waals surface area contributed by atoms with Crippen LogP contribution in [0.1, 0.15) is 0 Å². The SMILES string of the molecule is COC1O[C@H](CO)[C@H](O)[C@H](O)[C@@H]1OC1O[C@H](CO)[C@H](O)[C@H](O)[C@@H]1O. The van der Waals surface area contributed by atoms with Crippen molar-refractivity contribution in [3.8, 4) is 0 Å². The normalized spacial score (nSPS) is 50.0. The molecule has 11 nitrogen and oxygen atoms in total. The largest absolute Gasteiger partial charge is 0.394 e. The Kier molecular flexibility index (Phi) is 6.87. The van der Waals surface area contributed by atoms with Crippen molar-refractivity contribution in [2.45, 2.75) is 61.4 Å². The maximum Gasteiger partial charge on any atom is 0.187 e. The lowest BCUT2D eigenvalue weighted by atomic mass is 9.97. The average molecular weight is 356 g/mol. The Hall–Kier alpha value is -0.440. The fourth-order valence-electron chi connectivity index (χ4n) is 2.73. The van der Waals surface area contributed by atoms with Crippen LogP contribution in [0.5, 0.6) is 0 Å². The first-order chi connectivity index (χ1) is 11.3. The fraction of sp³-hybridized carbons (Fsp3) is 1.00. The Morgan fingerprint density at radius 1 is 0.708 bits per heavy atom. The van der Waals surface area contributed by atoms with E-state index >= 15 is 0 Å². The van der Waals surface area contributed by atoms with Crippen LogP contribution in [0.3, 0.4) is 0 Å². The highest BCUT2D eigenvalue weighted by atomic mass is 16.8. The van der Waals surface area contributed by atoms with Crippen LogP contribution in [0.25, 0.3) is 0 Å². The van der Waals surface area contributed by atoms with Crippen LogP contribution in [-0.2, 0) is 18.9 Å². The molecule has 142 valence electrons. The third-order valence-corrected chi connectivity index (χ3v) is 4.20. The standard InChI is InChI=1S/C13H24O11/c1-21-13-11(9(19)7(17)5(3-15)23-13)24-12-10(20)8(18)6(16)4(2-14)22-12/h4-20H,2-3H2,1H3/t4-,5-,6+,7+,8+,9+,10+,11+,12?,13?/m1/s1. The second kappa shape index (κ2) is 8.29. The quantitative estimate of drug-likeness (QED) is 0.251. The van der Waals surface area contributed by atoms with Gasteiger partial charge in [-0.05, 0) is 0 Å². The summed E-state index contributed by atoms with van der Waals surface area (Å²) in [7, 11) is 1.24. The molecule has 7 N–H and O–H groups in total. The predicted molar refractivity (Wildman–Crippen MR) is 73.4 cm³/mol. The Bertz CT molecular complexity index is 392. The molecule has 2 aliphatic rings. The van der Waals surface area contributed by atoms with Crippen molar-refractivity contribution in [1.29, 1.82) is 0 Å². The highest BCUT2D eigenvalue weighted by Crippen LogP contribution is 2.29. The molecule has 24 heavy (non-hydrogen) atoms. The predicted octanol–water partition coefficient (Wildman–Crippen LogP) is -4.74. The summed E-state index contributed by atoms with van der Waals surface area (Å²) in [5, 5.41) is 67.8. The van der Waals surface area contributed by atoms with Gasteiger partial charge in [-0.3, -0.25) is 0 Å². The van der Waals surface area contributed by atoms with Crippen molar-refractivity contribution >= 4 is 0 Å². The van der Waals surface area contributed by atoms with E-state index in [1.807, 2.05) is 0 Å². The molecule has 0 aromatic carbocycles. The van der Waals surface area contributed by atoms with E-state index in [1.54, 1.807) is 0 Å². The van der Waals surface area contributed by atoms with Crippen molar-refractivity contribution < 1.29 is 54.7 Å².